The number of fused-ring (bicyclic) bond motifs is 1. The Labute approximate surface area is 116 Å². The second-order valence-electron chi connectivity index (χ2n) is 4.27. The Morgan fingerprint density at radius 3 is 2.50 bits per heavy atom. The van der Waals surface area contributed by atoms with Crippen molar-refractivity contribution in [1.82, 2.24) is 10.2 Å². The molecule has 0 saturated heterocycles. The molecule has 3 amide bonds. The Kier molecular flexibility index (Phi) is 3.79. The van der Waals surface area contributed by atoms with E-state index in [1.165, 1.54) is 24.3 Å². The highest BCUT2D eigenvalue weighted by atomic mass is 16.2. The van der Waals surface area contributed by atoms with E-state index in [4.69, 9.17) is 0 Å². The minimum Gasteiger partial charge on any atom is -0.349 e. The van der Waals surface area contributed by atoms with Crippen molar-refractivity contribution < 1.29 is 14.4 Å². The van der Waals surface area contributed by atoms with Gasteiger partial charge in [0, 0.05) is 18.7 Å². The van der Waals surface area contributed by atoms with Crippen molar-refractivity contribution in [2.75, 3.05) is 13.1 Å². The number of nitrogens with zero attached hydrogens (tertiary/aromatic N) is 1. The molecule has 0 fully saturated rings. The fourth-order valence-corrected chi connectivity index (χ4v) is 1.99. The van der Waals surface area contributed by atoms with Crippen LogP contribution in [-0.2, 0) is 0 Å². The Balaban J connectivity index is 2.32. The first-order chi connectivity index (χ1) is 9.60. The summed E-state index contributed by atoms with van der Waals surface area (Å²) in [4.78, 5) is 37.0. The minimum atomic E-state index is -0.400. The van der Waals surface area contributed by atoms with E-state index in [2.05, 4.69) is 18.5 Å². The summed E-state index contributed by atoms with van der Waals surface area (Å²) in [5.74, 6) is -1.07. The van der Waals surface area contributed by atoms with Crippen molar-refractivity contribution in [3.05, 3.63) is 60.2 Å². The maximum Gasteiger partial charge on any atom is 0.261 e. The Bertz CT molecular complexity index is 620. The first-order valence-electron chi connectivity index (χ1n) is 6.10. The van der Waals surface area contributed by atoms with Gasteiger partial charge in [-0.2, -0.15) is 0 Å². The molecule has 1 aromatic carbocycles. The molecule has 1 heterocycles. The maximum absolute atomic E-state index is 12.1. The molecule has 5 nitrogen and oxygen atoms in total. The molecule has 1 aliphatic heterocycles. The zero-order valence-electron chi connectivity index (χ0n) is 10.9. The van der Waals surface area contributed by atoms with Crippen molar-refractivity contribution in [2.24, 2.45) is 0 Å². The van der Waals surface area contributed by atoms with Crippen molar-refractivity contribution in [1.29, 1.82) is 0 Å². The molecule has 0 spiro atoms. The molecule has 1 aromatic rings. The molecule has 1 N–H and O–H groups in total. The van der Waals surface area contributed by atoms with Crippen LogP contribution in [0.2, 0.25) is 0 Å². The van der Waals surface area contributed by atoms with E-state index >= 15 is 0 Å². The van der Waals surface area contributed by atoms with Gasteiger partial charge < -0.3 is 5.32 Å². The first-order valence-corrected chi connectivity index (χ1v) is 6.10. The summed E-state index contributed by atoms with van der Waals surface area (Å²) in [6, 6.07) is 4.47. The topological polar surface area (TPSA) is 66.5 Å². The van der Waals surface area contributed by atoms with E-state index in [9.17, 15) is 14.4 Å². The number of nitrogens with one attached hydrogen (secondary N) is 1. The van der Waals surface area contributed by atoms with E-state index < -0.39 is 5.91 Å². The number of carbonyl (C=O) groups is 3. The predicted molar refractivity (Wildman–Crippen MR) is 74.5 cm³/mol. The smallest absolute Gasteiger partial charge is 0.261 e. The lowest BCUT2D eigenvalue weighted by Crippen LogP contribution is -2.29. The van der Waals surface area contributed by atoms with Gasteiger partial charge in [0.1, 0.15) is 0 Å². The van der Waals surface area contributed by atoms with E-state index in [1.807, 2.05) is 0 Å². The van der Waals surface area contributed by atoms with Crippen LogP contribution in [0.25, 0.3) is 0 Å². The van der Waals surface area contributed by atoms with Gasteiger partial charge in [-0.05, 0) is 18.2 Å². The number of amides is 3. The molecule has 0 atom stereocenters. The van der Waals surface area contributed by atoms with E-state index in [1.54, 1.807) is 6.08 Å². The molecule has 0 saturated carbocycles. The number of imide groups is 1. The van der Waals surface area contributed by atoms with Crippen LogP contribution in [0, 0.1) is 0 Å². The van der Waals surface area contributed by atoms with Crippen LogP contribution in [0.3, 0.4) is 0 Å². The molecule has 102 valence electrons. The van der Waals surface area contributed by atoms with Gasteiger partial charge in [0.2, 0.25) is 0 Å². The summed E-state index contributed by atoms with van der Waals surface area (Å²) in [6.45, 7) is 7.52. The summed E-state index contributed by atoms with van der Waals surface area (Å²) in [7, 11) is 0. The van der Waals surface area contributed by atoms with Crippen LogP contribution in [0.4, 0.5) is 0 Å². The summed E-state index contributed by atoms with van der Waals surface area (Å²) in [5, 5.41) is 2.62. The van der Waals surface area contributed by atoms with Crippen LogP contribution in [0.5, 0.6) is 0 Å². The SMILES string of the molecule is C=CCNC(=O)c1ccc2c(c1)C(=O)N(CC=C)C2=O. The quantitative estimate of drug-likeness (QED) is 0.649. The van der Waals surface area contributed by atoms with E-state index in [0.29, 0.717) is 17.7 Å². The van der Waals surface area contributed by atoms with Crippen molar-refractivity contribution in [2.45, 2.75) is 0 Å². The maximum atomic E-state index is 12.1. The van der Waals surface area contributed by atoms with Gasteiger partial charge in [-0.15, -0.1) is 13.2 Å². The summed E-state index contributed by atoms with van der Waals surface area (Å²) < 4.78 is 0. The zero-order valence-corrected chi connectivity index (χ0v) is 10.9. The predicted octanol–water partition coefficient (Wildman–Crippen LogP) is 1.38. The third kappa shape index (κ3) is 2.25. The normalized spacial score (nSPS) is 13.1. The lowest BCUT2D eigenvalue weighted by atomic mass is 10.1. The van der Waals surface area contributed by atoms with Crippen LogP contribution in [0.15, 0.2) is 43.5 Å². The summed E-state index contributed by atoms with van der Waals surface area (Å²) >= 11 is 0. The molecular formula is C15H14N2O3. The largest absolute Gasteiger partial charge is 0.349 e. The van der Waals surface area contributed by atoms with Crippen LogP contribution < -0.4 is 5.32 Å². The summed E-state index contributed by atoms with van der Waals surface area (Å²) in [6.07, 6.45) is 3.05. The summed E-state index contributed by atoms with van der Waals surface area (Å²) in [5.41, 5.74) is 0.910. The van der Waals surface area contributed by atoms with E-state index in [0.717, 1.165) is 4.90 Å². The third-order valence-corrected chi connectivity index (χ3v) is 2.95. The number of rotatable bonds is 5. The highest BCUT2D eigenvalue weighted by molar-refractivity contribution is 6.22. The Morgan fingerprint density at radius 1 is 1.15 bits per heavy atom. The molecule has 2 rings (SSSR count). The van der Waals surface area contributed by atoms with Crippen molar-refractivity contribution in [3.8, 4) is 0 Å². The highest BCUT2D eigenvalue weighted by Crippen LogP contribution is 2.23. The number of carbonyl (C=O) groups excluding carboxylic acids is 3. The van der Waals surface area contributed by atoms with Crippen molar-refractivity contribution >= 4 is 17.7 Å². The fraction of sp³-hybridized carbons (Fsp3) is 0.133. The molecule has 1 aliphatic rings. The van der Waals surface area contributed by atoms with Crippen LogP contribution in [0.1, 0.15) is 31.1 Å². The van der Waals surface area contributed by atoms with Crippen LogP contribution in [-0.4, -0.2) is 35.7 Å². The lowest BCUT2D eigenvalue weighted by Gasteiger charge is -2.09. The fourth-order valence-electron chi connectivity index (χ4n) is 1.99. The average molecular weight is 270 g/mol. The molecule has 20 heavy (non-hydrogen) atoms. The van der Waals surface area contributed by atoms with Gasteiger partial charge in [-0.1, -0.05) is 12.2 Å². The second-order valence-corrected chi connectivity index (χ2v) is 4.27. The number of hydrogen-bond donors (Lipinski definition) is 1. The first kappa shape index (κ1) is 13.7. The van der Waals surface area contributed by atoms with Gasteiger partial charge in [-0.3, -0.25) is 19.3 Å². The lowest BCUT2D eigenvalue weighted by molar-refractivity contribution is 0.0672. The van der Waals surface area contributed by atoms with Gasteiger partial charge in [0.25, 0.3) is 17.7 Å². The second kappa shape index (κ2) is 5.52. The highest BCUT2D eigenvalue weighted by Gasteiger charge is 2.35. The number of benzene rings is 1. The third-order valence-electron chi connectivity index (χ3n) is 2.95. The van der Waals surface area contributed by atoms with Gasteiger partial charge in [0.15, 0.2) is 0 Å². The molecule has 0 bridgehead atoms. The molecular weight excluding hydrogens is 256 g/mol. The molecule has 0 aromatic heterocycles. The Hall–Kier alpha value is -2.69. The standard InChI is InChI=1S/C15H14N2O3/c1-3-7-16-13(18)10-5-6-11-12(9-10)15(20)17(8-4-2)14(11)19/h3-6,9H,1-2,7-8H2,(H,16,18). The Morgan fingerprint density at radius 2 is 1.85 bits per heavy atom. The van der Waals surface area contributed by atoms with Gasteiger partial charge in [-0.25, -0.2) is 0 Å². The average Bonchev–Trinajstić information content (AvgIpc) is 2.70. The van der Waals surface area contributed by atoms with Gasteiger partial charge in [0.05, 0.1) is 11.1 Å². The molecule has 0 aliphatic carbocycles. The zero-order chi connectivity index (χ0) is 14.7. The molecule has 0 unspecified atom stereocenters. The number of hydrogen-bond acceptors (Lipinski definition) is 3. The van der Waals surface area contributed by atoms with E-state index in [-0.39, 0.29) is 23.9 Å². The van der Waals surface area contributed by atoms with Crippen molar-refractivity contribution in [3.63, 3.8) is 0 Å². The van der Waals surface area contributed by atoms with Crippen LogP contribution >= 0.6 is 0 Å². The minimum absolute atomic E-state index is 0.157. The molecule has 0 radical (unpaired) electrons. The monoisotopic (exact) mass is 270 g/mol. The van der Waals surface area contributed by atoms with Gasteiger partial charge >= 0.3 is 0 Å². The molecule has 5 heteroatoms.